The number of ether oxygens (including phenoxy) is 1. The van der Waals surface area contributed by atoms with Gasteiger partial charge < -0.3 is 10.1 Å². The number of rotatable bonds is 3. The van der Waals surface area contributed by atoms with Gasteiger partial charge in [-0.25, -0.2) is 4.98 Å². The Kier molecular flexibility index (Phi) is 3.17. The molecule has 1 heterocycles. The number of pyridine rings is 1. The van der Waals surface area contributed by atoms with Gasteiger partial charge >= 0.3 is 0 Å². The van der Waals surface area contributed by atoms with E-state index < -0.39 is 4.92 Å². The Bertz CT molecular complexity index is 405. The van der Waals surface area contributed by atoms with Gasteiger partial charge in [0.15, 0.2) is 0 Å². The predicted octanol–water partition coefficient (Wildman–Crippen LogP) is 0.957. The molecule has 1 N–H and O–H groups in total. The van der Waals surface area contributed by atoms with Crippen LogP contribution in [0.3, 0.4) is 0 Å². The molecule has 15 heavy (non-hydrogen) atoms. The molecule has 1 aromatic rings. The number of aromatic nitrogens is 1. The quantitative estimate of drug-likeness (QED) is 0.593. The molecule has 1 rings (SSSR count). The normalized spacial score (nSPS) is 9.47. The lowest BCUT2D eigenvalue weighted by Crippen LogP contribution is -2.08. The van der Waals surface area contributed by atoms with Crippen LogP contribution in [0.5, 0.6) is 5.88 Å². The molecule has 0 bridgehead atoms. The number of carbonyl (C=O) groups excluding carboxylic acids is 1. The van der Waals surface area contributed by atoms with Gasteiger partial charge in [-0.2, -0.15) is 0 Å². The fourth-order valence-corrected chi connectivity index (χ4v) is 0.983. The van der Waals surface area contributed by atoms with E-state index in [1.54, 1.807) is 0 Å². The SMILES string of the molecule is COc1ncc([N+](=O)[O-])cc1NC(C)=O. The average molecular weight is 211 g/mol. The van der Waals surface area contributed by atoms with Gasteiger partial charge in [-0.15, -0.1) is 0 Å². The smallest absolute Gasteiger partial charge is 0.289 e. The molecule has 0 saturated carbocycles. The summed E-state index contributed by atoms with van der Waals surface area (Å²) in [5.74, 6) is -0.216. The summed E-state index contributed by atoms with van der Waals surface area (Å²) in [6.07, 6.45) is 1.06. The summed E-state index contributed by atoms with van der Waals surface area (Å²) >= 11 is 0. The monoisotopic (exact) mass is 211 g/mol. The lowest BCUT2D eigenvalue weighted by atomic mass is 10.3. The van der Waals surface area contributed by atoms with Gasteiger partial charge in [0.1, 0.15) is 11.9 Å². The van der Waals surface area contributed by atoms with E-state index in [1.807, 2.05) is 0 Å². The van der Waals surface area contributed by atoms with Crippen LogP contribution in [-0.2, 0) is 4.79 Å². The number of nitrogens with zero attached hydrogens (tertiary/aromatic N) is 2. The van der Waals surface area contributed by atoms with E-state index in [0.717, 1.165) is 6.20 Å². The molecule has 7 nitrogen and oxygen atoms in total. The van der Waals surface area contributed by atoms with Crippen molar-refractivity contribution < 1.29 is 14.5 Å². The van der Waals surface area contributed by atoms with Crippen molar-refractivity contribution in [1.82, 2.24) is 4.98 Å². The number of methoxy groups -OCH3 is 1. The molecule has 0 atom stereocenters. The third kappa shape index (κ3) is 2.63. The number of hydrogen-bond acceptors (Lipinski definition) is 5. The second-order valence-corrected chi connectivity index (χ2v) is 2.69. The molecule has 1 amide bonds. The van der Waals surface area contributed by atoms with Gasteiger partial charge in [0.05, 0.1) is 12.0 Å². The predicted molar refractivity (Wildman–Crippen MR) is 51.7 cm³/mol. The third-order valence-corrected chi connectivity index (χ3v) is 1.55. The Labute approximate surface area is 85.2 Å². The number of carbonyl (C=O) groups is 1. The van der Waals surface area contributed by atoms with E-state index in [1.165, 1.54) is 20.1 Å². The molecular weight excluding hydrogens is 202 g/mol. The first kappa shape index (κ1) is 10.9. The van der Waals surface area contributed by atoms with Crippen LogP contribution in [-0.4, -0.2) is 22.9 Å². The van der Waals surface area contributed by atoms with Crippen LogP contribution in [0.4, 0.5) is 11.4 Å². The standard InChI is InChI=1S/C8H9N3O4/c1-5(12)10-7-3-6(11(13)14)4-9-8(7)15-2/h3-4H,1-2H3,(H,10,12). The lowest BCUT2D eigenvalue weighted by Gasteiger charge is -2.06. The first-order chi connectivity index (χ1) is 7.04. The minimum Gasteiger partial charge on any atom is -0.480 e. The van der Waals surface area contributed by atoms with Crippen LogP contribution in [0.2, 0.25) is 0 Å². The summed E-state index contributed by atoms with van der Waals surface area (Å²) in [4.78, 5) is 24.3. The van der Waals surface area contributed by atoms with Gasteiger partial charge in [-0.05, 0) is 0 Å². The van der Waals surface area contributed by atoms with Crippen LogP contribution < -0.4 is 10.1 Å². The fourth-order valence-electron chi connectivity index (χ4n) is 0.983. The van der Waals surface area contributed by atoms with E-state index in [0.29, 0.717) is 0 Å². The molecule has 0 spiro atoms. The van der Waals surface area contributed by atoms with Crippen molar-refractivity contribution in [3.63, 3.8) is 0 Å². The molecule has 0 radical (unpaired) electrons. The number of hydrogen-bond donors (Lipinski definition) is 1. The van der Waals surface area contributed by atoms with Crippen LogP contribution in [0.1, 0.15) is 6.92 Å². The van der Waals surface area contributed by atoms with E-state index in [2.05, 4.69) is 10.3 Å². The summed E-state index contributed by atoms with van der Waals surface area (Å²) in [5, 5.41) is 12.8. The number of nitro groups is 1. The molecule has 0 aliphatic carbocycles. The zero-order chi connectivity index (χ0) is 11.4. The van der Waals surface area contributed by atoms with E-state index in [-0.39, 0.29) is 23.2 Å². The van der Waals surface area contributed by atoms with Crippen LogP contribution >= 0.6 is 0 Å². The van der Waals surface area contributed by atoms with Crippen molar-refractivity contribution in [1.29, 1.82) is 0 Å². The second kappa shape index (κ2) is 4.36. The molecule has 0 unspecified atom stereocenters. The van der Waals surface area contributed by atoms with Crippen LogP contribution in [0.25, 0.3) is 0 Å². The van der Waals surface area contributed by atoms with Crippen LogP contribution in [0, 0.1) is 10.1 Å². The van der Waals surface area contributed by atoms with E-state index in [9.17, 15) is 14.9 Å². The summed E-state index contributed by atoms with van der Waals surface area (Å²) in [5.41, 5.74) is -0.0289. The van der Waals surface area contributed by atoms with Crippen molar-refractivity contribution in [2.75, 3.05) is 12.4 Å². The van der Waals surface area contributed by atoms with Gasteiger partial charge in [0.2, 0.25) is 11.8 Å². The first-order valence-electron chi connectivity index (χ1n) is 4.00. The zero-order valence-corrected chi connectivity index (χ0v) is 8.18. The molecule has 0 aliphatic rings. The molecule has 80 valence electrons. The average Bonchev–Trinajstić information content (AvgIpc) is 2.16. The minimum absolute atomic E-state index is 0.135. The van der Waals surface area contributed by atoms with Gasteiger partial charge in [-0.3, -0.25) is 14.9 Å². The first-order valence-corrected chi connectivity index (χ1v) is 4.00. The summed E-state index contributed by atoms with van der Waals surface area (Å²) in [7, 11) is 1.36. The Morgan fingerprint density at radius 1 is 1.67 bits per heavy atom. The highest BCUT2D eigenvalue weighted by Crippen LogP contribution is 2.25. The molecule has 0 aromatic carbocycles. The fraction of sp³-hybridized carbons (Fsp3) is 0.250. The highest BCUT2D eigenvalue weighted by Gasteiger charge is 2.13. The summed E-state index contributed by atoms with van der Waals surface area (Å²) < 4.78 is 4.83. The minimum atomic E-state index is -0.599. The van der Waals surface area contributed by atoms with Crippen molar-refractivity contribution in [3.05, 3.63) is 22.4 Å². The zero-order valence-electron chi connectivity index (χ0n) is 8.18. The lowest BCUT2D eigenvalue weighted by molar-refractivity contribution is -0.385. The Morgan fingerprint density at radius 3 is 2.80 bits per heavy atom. The third-order valence-electron chi connectivity index (χ3n) is 1.55. The van der Waals surface area contributed by atoms with Crippen molar-refractivity contribution >= 4 is 17.3 Å². The van der Waals surface area contributed by atoms with E-state index >= 15 is 0 Å². The highest BCUT2D eigenvalue weighted by molar-refractivity contribution is 5.90. The van der Waals surface area contributed by atoms with Crippen molar-refractivity contribution in [2.24, 2.45) is 0 Å². The van der Waals surface area contributed by atoms with E-state index in [4.69, 9.17) is 4.74 Å². The Morgan fingerprint density at radius 2 is 2.33 bits per heavy atom. The molecule has 1 aromatic heterocycles. The Balaban J connectivity index is 3.12. The van der Waals surface area contributed by atoms with Gasteiger partial charge in [0, 0.05) is 13.0 Å². The van der Waals surface area contributed by atoms with Crippen molar-refractivity contribution in [2.45, 2.75) is 6.92 Å². The highest BCUT2D eigenvalue weighted by atomic mass is 16.6. The number of amides is 1. The molecule has 0 saturated heterocycles. The molecular formula is C8H9N3O4. The molecule has 0 fully saturated rings. The molecule has 7 heteroatoms. The second-order valence-electron chi connectivity index (χ2n) is 2.69. The Hall–Kier alpha value is -2.18. The maximum atomic E-state index is 10.8. The van der Waals surface area contributed by atoms with Crippen molar-refractivity contribution in [3.8, 4) is 5.88 Å². The van der Waals surface area contributed by atoms with Gasteiger partial charge in [-0.1, -0.05) is 0 Å². The largest absolute Gasteiger partial charge is 0.480 e. The maximum absolute atomic E-state index is 10.8. The summed E-state index contributed by atoms with van der Waals surface area (Å²) in [6.45, 7) is 1.29. The van der Waals surface area contributed by atoms with Gasteiger partial charge in [0.25, 0.3) is 5.69 Å². The number of anilines is 1. The topological polar surface area (TPSA) is 94.4 Å². The molecule has 0 aliphatic heterocycles. The maximum Gasteiger partial charge on any atom is 0.289 e. The summed E-state index contributed by atoms with van der Waals surface area (Å²) in [6, 6.07) is 1.19. The number of nitrogens with one attached hydrogen (secondary N) is 1. The van der Waals surface area contributed by atoms with Crippen LogP contribution in [0.15, 0.2) is 12.3 Å².